The lowest BCUT2D eigenvalue weighted by atomic mass is 9.94. The number of para-hydroxylation sites is 1. The van der Waals surface area contributed by atoms with E-state index in [-0.39, 0.29) is 11.9 Å². The highest BCUT2D eigenvalue weighted by atomic mass is 32.2. The second-order valence-corrected chi connectivity index (χ2v) is 12.6. The van der Waals surface area contributed by atoms with Crippen molar-refractivity contribution < 1.29 is 4.79 Å². The highest BCUT2D eigenvalue weighted by Gasteiger charge is 2.39. The summed E-state index contributed by atoms with van der Waals surface area (Å²) in [5.74, 6) is 0.0555. The molecule has 4 nitrogen and oxygen atoms in total. The fourth-order valence-electron chi connectivity index (χ4n) is 6.30. The summed E-state index contributed by atoms with van der Waals surface area (Å²) in [6.45, 7) is 2.11. The van der Waals surface area contributed by atoms with Crippen LogP contribution in [0.5, 0.6) is 0 Å². The Hall–Kier alpha value is -4.61. The van der Waals surface area contributed by atoms with Crippen molar-refractivity contribution >= 4 is 34.6 Å². The Morgan fingerprint density at radius 1 is 0.750 bits per heavy atom. The third-order valence-corrected chi connectivity index (χ3v) is 9.47. The molecule has 2 heterocycles. The number of amides is 1. The van der Waals surface area contributed by atoms with Gasteiger partial charge in [-0.2, -0.15) is 0 Å². The molecular formula is C39H35N3OS. The fourth-order valence-corrected chi connectivity index (χ4v) is 7.34. The Balaban J connectivity index is 1.41. The van der Waals surface area contributed by atoms with Gasteiger partial charge in [-0.1, -0.05) is 116 Å². The summed E-state index contributed by atoms with van der Waals surface area (Å²) in [6, 6.07) is 42.1. The van der Waals surface area contributed by atoms with E-state index in [0.717, 1.165) is 70.3 Å². The number of amidine groups is 1. The van der Waals surface area contributed by atoms with Crippen LogP contribution in [-0.2, 0) is 4.79 Å². The Labute approximate surface area is 263 Å². The molecule has 44 heavy (non-hydrogen) atoms. The molecule has 1 aromatic heterocycles. The number of thioether (sulfide) groups is 1. The van der Waals surface area contributed by atoms with Gasteiger partial charge < -0.3 is 4.57 Å². The maximum absolute atomic E-state index is 14.3. The third kappa shape index (κ3) is 5.68. The summed E-state index contributed by atoms with van der Waals surface area (Å²) in [7, 11) is 0. The van der Waals surface area contributed by atoms with E-state index in [1.165, 1.54) is 23.7 Å². The van der Waals surface area contributed by atoms with E-state index in [2.05, 4.69) is 96.4 Å². The molecule has 1 aliphatic heterocycles. The molecule has 0 radical (unpaired) electrons. The van der Waals surface area contributed by atoms with Gasteiger partial charge in [-0.05, 0) is 79.1 Å². The van der Waals surface area contributed by atoms with Crippen molar-refractivity contribution in [1.82, 2.24) is 9.47 Å². The molecule has 1 saturated carbocycles. The highest BCUT2D eigenvalue weighted by molar-refractivity contribution is 8.18. The van der Waals surface area contributed by atoms with Gasteiger partial charge in [0.2, 0.25) is 0 Å². The zero-order valence-corrected chi connectivity index (χ0v) is 25.7. The van der Waals surface area contributed by atoms with E-state index < -0.39 is 0 Å². The molecule has 0 spiro atoms. The molecule has 218 valence electrons. The van der Waals surface area contributed by atoms with Crippen LogP contribution in [0.15, 0.2) is 131 Å². The summed E-state index contributed by atoms with van der Waals surface area (Å²) in [4.78, 5) is 22.0. The van der Waals surface area contributed by atoms with Crippen LogP contribution >= 0.6 is 11.8 Å². The topological polar surface area (TPSA) is 37.6 Å². The van der Waals surface area contributed by atoms with E-state index in [4.69, 9.17) is 4.99 Å². The fraction of sp³-hybridized carbons (Fsp3) is 0.179. The number of aryl methyl sites for hydroxylation is 1. The number of nitrogens with zero attached hydrogens (tertiary/aromatic N) is 3. The molecule has 2 aliphatic rings. The largest absolute Gasteiger partial charge is 0.309 e. The predicted molar refractivity (Wildman–Crippen MR) is 184 cm³/mol. The minimum absolute atomic E-state index is 0.0555. The van der Waals surface area contributed by atoms with Gasteiger partial charge in [0.25, 0.3) is 5.91 Å². The maximum Gasteiger partial charge on any atom is 0.267 e. The second kappa shape index (κ2) is 12.6. The summed E-state index contributed by atoms with van der Waals surface area (Å²) in [6.07, 6.45) is 7.66. The molecule has 5 aromatic rings. The van der Waals surface area contributed by atoms with Gasteiger partial charge in [-0.3, -0.25) is 9.69 Å². The van der Waals surface area contributed by atoms with Crippen molar-refractivity contribution in [2.24, 2.45) is 4.99 Å². The number of benzene rings is 4. The number of carbonyl (C=O) groups excluding carboxylic acids is 1. The minimum atomic E-state index is 0.0555. The summed E-state index contributed by atoms with van der Waals surface area (Å²) in [5.41, 5.74) is 8.54. The lowest BCUT2D eigenvalue weighted by Gasteiger charge is -2.30. The van der Waals surface area contributed by atoms with E-state index in [1.807, 2.05) is 47.4 Å². The highest BCUT2D eigenvalue weighted by Crippen LogP contribution is 2.42. The zero-order chi connectivity index (χ0) is 29.9. The maximum atomic E-state index is 14.3. The van der Waals surface area contributed by atoms with Crippen molar-refractivity contribution in [3.8, 4) is 28.2 Å². The summed E-state index contributed by atoms with van der Waals surface area (Å²) in [5, 5.41) is 0.780. The number of aromatic nitrogens is 1. The van der Waals surface area contributed by atoms with Crippen LogP contribution in [0.25, 0.3) is 34.3 Å². The summed E-state index contributed by atoms with van der Waals surface area (Å²) < 4.78 is 2.33. The van der Waals surface area contributed by atoms with Gasteiger partial charge in [0.1, 0.15) is 0 Å². The van der Waals surface area contributed by atoms with Crippen LogP contribution < -0.4 is 0 Å². The molecule has 1 saturated heterocycles. The smallest absolute Gasteiger partial charge is 0.267 e. The van der Waals surface area contributed by atoms with Crippen molar-refractivity contribution in [3.63, 3.8) is 0 Å². The van der Waals surface area contributed by atoms with Crippen molar-refractivity contribution in [2.45, 2.75) is 45.1 Å². The molecule has 5 heteroatoms. The lowest BCUT2D eigenvalue weighted by Crippen LogP contribution is -2.40. The first-order chi connectivity index (χ1) is 21.7. The Bertz CT molecular complexity index is 1820. The number of hydrogen-bond donors (Lipinski definition) is 0. The van der Waals surface area contributed by atoms with E-state index in [0.29, 0.717) is 4.91 Å². The van der Waals surface area contributed by atoms with Crippen LogP contribution in [0, 0.1) is 6.92 Å². The van der Waals surface area contributed by atoms with Crippen LogP contribution in [0.3, 0.4) is 0 Å². The zero-order valence-electron chi connectivity index (χ0n) is 24.9. The molecule has 1 amide bonds. The van der Waals surface area contributed by atoms with Gasteiger partial charge in [0.15, 0.2) is 5.17 Å². The second-order valence-electron chi connectivity index (χ2n) is 11.5. The average molecular weight is 594 g/mol. The monoisotopic (exact) mass is 593 g/mol. The molecule has 7 rings (SSSR count). The van der Waals surface area contributed by atoms with E-state index in [9.17, 15) is 4.79 Å². The molecular weight excluding hydrogens is 559 g/mol. The molecule has 0 atom stereocenters. The number of hydrogen-bond acceptors (Lipinski definition) is 3. The normalized spacial score (nSPS) is 17.6. The van der Waals surface area contributed by atoms with Gasteiger partial charge in [-0.15, -0.1) is 0 Å². The first-order valence-corrected chi connectivity index (χ1v) is 16.3. The average Bonchev–Trinajstić information content (AvgIpc) is 3.60. The van der Waals surface area contributed by atoms with Crippen LogP contribution in [0.2, 0.25) is 0 Å². The predicted octanol–water partition coefficient (Wildman–Crippen LogP) is 10.1. The van der Waals surface area contributed by atoms with Crippen LogP contribution in [-0.4, -0.2) is 26.6 Å². The van der Waals surface area contributed by atoms with Crippen molar-refractivity contribution in [2.75, 3.05) is 0 Å². The van der Waals surface area contributed by atoms with Gasteiger partial charge in [0.05, 0.1) is 22.0 Å². The third-order valence-electron chi connectivity index (χ3n) is 8.48. The Kier molecular flexibility index (Phi) is 8.04. The van der Waals surface area contributed by atoms with Crippen LogP contribution in [0.1, 0.15) is 43.2 Å². The molecule has 0 bridgehead atoms. The lowest BCUT2D eigenvalue weighted by molar-refractivity contribution is -0.124. The minimum Gasteiger partial charge on any atom is -0.309 e. The molecule has 0 N–H and O–H groups in total. The van der Waals surface area contributed by atoms with Crippen LogP contribution in [0.4, 0.5) is 5.69 Å². The molecule has 1 aliphatic carbocycles. The number of rotatable bonds is 6. The van der Waals surface area contributed by atoms with E-state index in [1.54, 1.807) is 0 Å². The molecule has 4 aromatic carbocycles. The van der Waals surface area contributed by atoms with Crippen molar-refractivity contribution in [1.29, 1.82) is 0 Å². The van der Waals surface area contributed by atoms with Gasteiger partial charge in [-0.25, -0.2) is 4.99 Å². The molecule has 2 fully saturated rings. The SMILES string of the molecule is Cc1ccc(-n2c(-c3ccccc3)cc(/C=C3/SC(=Nc4ccccc4)N(C4CCCCC4)C3=O)c2-c2ccccc2)cc1. The number of aliphatic imine (C=N–C) groups is 1. The molecule has 0 unspecified atom stereocenters. The Morgan fingerprint density at radius 2 is 1.36 bits per heavy atom. The summed E-state index contributed by atoms with van der Waals surface area (Å²) >= 11 is 1.50. The quantitative estimate of drug-likeness (QED) is 0.184. The van der Waals surface area contributed by atoms with Gasteiger partial charge in [0, 0.05) is 17.3 Å². The van der Waals surface area contributed by atoms with Gasteiger partial charge >= 0.3 is 0 Å². The van der Waals surface area contributed by atoms with Crippen molar-refractivity contribution in [3.05, 3.63) is 137 Å². The number of carbonyl (C=O) groups is 1. The standard InChI is InChI=1S/C39H35N3OS/c1-28-22-24-34(25-23-28)41-35(29-14-6-2-7-15-29)26-31(37(41)30-16-8-3-9-17-30)27-36-38(43)42(33-20-12-5-13-21-33)39(44-36)40-32-18-10-4-11-19-32/h2-4,6-11,14-19,22-27,33H,5,12-13,20-21H2,1H3/b36-27+,40-39?. The van der Waals surface area contributed by atoms with E-state index >= 15 is 0 Å². The Morgan fingerprint density at radius 3 is 2.02 bits per heavy atom. The first-order valence-electron chi connectivity index (χ1n) is 15.5. The first kappa shape index (κ1) is 28.2.